The van der Waals surface area contributed by atoms with Crippen molar-refractivity contribution in [3.63, 3.8) is 0 Å². The second kappa shape index (κ2) is 9.40. The van der Waals surface area contributed by atoms with Crippen molar-refractivity contribution in [3.05, 3.63) is 77.9 Å². The van der Waals surface area contributed by atoms with Crippen molar-refractivity contribution in [1.29, 1.82) is 0 Å². The zero-order valence-electron chi connectivity index (χ0n) is 18.4. The van der Waals surface area contributed by atoms with E-state index in [-0.39, 0.29) is 24.4 Å². The Morgan fingerprint density at radius 2 is 1.97 bits per heavy atom. The largest absolute Gasteiger partial charge is 0.495 e. The Balaban J connectivity index is 1.55. The zero-order chi connectivity index (χ0) is 22.7. The Labute approximate surface area is 193 Å². The maximum Gasteiger partial charge on any atom is 0.226 e. The molecular weight excluding hydrogens is 422 g/mol. The van der Waals surface area contributed by atoms with Crippen molar-refractivity contribution in [2.45, 2.75) is 25.4 Å². The number of carbonyl (C=O) groups excluding carboxylic acids is 1. The molecule has 0 saturated carbocycles. The number of aryl methyl sites for hydroxylation is 1. The smallest absolute Gasteiger partial charge is 0.226 e. The Bertz CT molecular complexity index is 1110. The number of aromatic nitrogens is 2. The monoisotopic (exact) mass is 449 g/mol. The molecule has 3 aromatic rings. The quantitative estimate of drug-likeness (QED) is 0.536. The van der Waals surface area contributed by atoms with Gasteiger partial charge in [0.2, 0.25) is 5.91 Å². The molecule has 0 unspecified atom stereocenters. The van der Waals surface area contributed by atoms with Gasteiger partial charge < -0.3 is 24.8 Å². The zero-order valence-corrected chi connectivity index (χ0v) is 19.2. The number of para-hydroxylation sites is 2. The number of carbonyl (C=O) groups is 1. The van der Waals surface area contributed by atoms with Crippen LogP contribution in [0.25, 0.3) is 0 Å². The molecule has 1 fully saturated rings. The molecule has 1 saturated heterocycles. The van der Waals surface area contributed by atoms with Crippen LogP contribution >= 0.6 is 12.2 Å². The van der Waals surface area contributed by atoms with Gasteiger partial charge in [-0.1, -0.05) is 18.2 Å². The van der Waals surface area contributed by atoms with E-state index in [0.29, 0.717) is 23.1 Å². The molecule has 0 spiro atoms. The van der Waals surface area contributed by atoms with Gasteiger partial charge in [-0.3, -0.25) is 9.78 Å². The van der Waals surface area contributed by atoms with Crippen LogP contribution in [0.5, 0.6) is 5.75 Å². The number of benzene rings is 1. The number of hydrogen-bond acceptors (Lipinski definition) is 4. The number of nitrogens with one attached hydrogen (secondary N) is 2. The van der Waals surface area contributed by atoms with Gasteiger partial charge in [0.05, 0.1) is 30.6 Å². The minimum Gasteiger partial charge on any atom is -0.495 e. The van der Waals surface area contributed by atoms with Gasteiger partial charge in [0.25, 0.3) is 0 Å². The molecule has 7 nitrogen and oxygen atoms in total. The number of anilines is 1. The molecule has 1 aromatic carbocycles. The Morgan fingerprint density at radius 1 is 1.19 bits per heavy atom. The molecule has 1 aliphatic rings. The Morgan fingerprint density at radius 3 is 2.66 bits per heavy atom. The van der Waals surface area contributed by atoms with Crippen molar-refractivity contribution in [3.8, 4) is 5.75 Å². The van der Waals surface area contributed by atoms with Gasteiger partial charge in [-0.2, -0.15) is 0 Å². The number of ether oxygens (including phenoxy) is 1. The van der Waals surface area contributed by atoms with Gasteiger partial charge in [0.15, 0.2) is 5.11 Å². The van der Waals surface area contributed by atoms with Crippen molar-refractivity contribution in [2.24, 2.45) is 7.05 Å². The number of methoxy groups -OCH3 is 1. The number of pyridine rings is 1. The highest BCUT2D eigenvalue weighted by Crippen LogP contribution is 2.39. The van der Waals surface area contributed by atoms with Crippen molar-refractivity contribution in [1.82, 2.24) is 19.8 Å². The fourth-order valence-corrected chi connectivity index (χ4v) is 4.41. The van der Waals surface area contributed by atoms with Gasteiger partial charge in [-0.05, 0) is 55.5 Å². The Hall–Kier alpha value is -3.39. The average molecular weight is 450 g/mol. The van der Waals surface area contributed by atoms with E-state index in [9.17, 15) is 4.79 Å². The summed E-state index contributed by atoms with van der Waals surface area (Å²) in [6.45, 7) is 2.55. The first-order chi connectivity index (χ1) is 15.5. The normalized spacial score (nSPS) is 17.8. The molecule has 4 rings (SSSR count). The lowest BCUT2D eigenvalue weighted by Crippen LogP contribution is -2.33. The summed E-state index contributed by atoms with van der Waals surface area (Å²) in [6.07, 6.45) is 2.07. The summed E-state index contributed by atoms with van der Waals surface area (Å²) in [5, 5.41) is 6.99. The highest BCUT2D eigenvalue weighted by molar-refractivity contribution is 7.80. The third kappa shape index (κ3) is 4.31. The molecule has 0 bridgehead atoms. The maximum absolute atomic E-state index is 12.7. The number of thiocarbonyl (C=S) groups is 1. The van der Waals surface area contributed by atoms with Crippen molar-refractivity contribution >= 4 is 28.9 Å². The second-order valence-corrected chi connectivity index (χ2v) is 8.16. The number of hydrogen-bond donors (Lipinski definition) is 2. The minimum absolute atomic E-state index is 0.0739. The van der Waals surface area contributed by atoms with Crippen molar-refractivity contribution in [2.75, 3.05) is 19.0 Å². The summed E-state index contributed by atoms with van der Waals surface area (Å²) in [4.78, 5) is 19.4. The molecule has 0 radical (unpaired) electrons. The van der Waals surface area contributed by atoms with E-state index in [1.54, 1.807) is 13.3 Å². The standard InChI is InChI=1S/C24H27N5O2S/c1-16-11-12-19(28(16)2)23-22(18-9-6-7-14-25-18)27-24(32)29(23)15-13-21(30)26-17-8-4-5-10-20(17)31-3/h4-12,14,22-23H,13,15H2,1-3H3,(H,26,30)(H,27,32)/t22-,23-/m0/s1. The maximum atomic E-state index is 12.7. The van der Waals surface area contributed by atoms with Crippen LogP contribution in [0.1, 0.15) is 35.6 Å². The van der Waals surface area contributed by atoms with Crippen LogP contribution in [0.4, 0.5) is 5.69 Å². The number of nitrogens with zero attached hydrogens (tertiary/aromatic N) is 3. The summed E-state index contributed by atoms with van der Waals surface area (Å²) < 4.78 is 7.49. The first kappa shape index (κ1) is 21.8. The Kier molecular flexibility index (Phi) is 6.41. The van der Waals surface area contributed by atoms with Gasteiger partial charge >= 0.3 is 0 Å². The van der Waals surface area contributed by atoms with E-state index < -0.39 is 0 Å². The lowest BCUT2D eigenvalue weighted by Gasteiger charge is -2.28. The van der Waals surface area contributed by atoms with Crippen LogP contribution in [-0.4, -0.2) is 39.1 Å². The third-order valence-corrected chi connectivity index (χ3v) is 6.23. The fraction of sp³-hybridized carbons (Fsp3) is 0.292. The van der Waals surface area contributed by atoms with Gasteiger partial charge in [-0.25, -0.2) is 0 Å². The molecule has 8 heteroatoms. The second-order valence-electron chi connectivity index (χ2n) is 7.78. The van der Waals surface area contributed by atoms with Crippen LogP contribution in [-0.2, 0) is 11.8 Å². The molecular formula is C24H27N5O2S. The molecule has 2 N–H and O–H groups in total. The SMILES string of the molecule is COc1ccccc1NC(=O)CCN1C(=S)N[C@@H](c2ccccn2)[C@@H]1c1ccc(C)n1C. The molecule has 1 aliphatic heterocycles. The number of rotatable bonds is 7. The van der Waals surface area contributed by atoms with E-state index in [1.165, 1.54) is 0 Å². The summed E-state index contributed by atoms with van der Waals surface area (Å²) in [6, 6.07) is 17.3. The molecule has 2 atom stereocenters. The molecule has 166 valence electrons. The molecule has 2 aromatic heterocycles. The average Bonchev–Trinajstić information content (AvgIpc) is 3.31. The van der Waals surface area contributed by atoms with Crippen LogP contribution in [0, 0.1) is 6.92 Å². The van der Waals surface area contributed by atoms with E-state index in [0.717, 1.165) is 17.1 Å². The lowest BCUT2D eigenvalue weighted by molar-refractivity contribution is -0.116. The highest BCUT2D eigenvalue weighted by atomic mass is 32.1. The summed E-state index contributed by atoms with van der Waals surface area (Å²) in [7, 11) is 3.64. The number of amides is 1. The van der Waals surface area contributed by atoms with Crippen LogP contribution in [0.2, 0.25) is 0 Å². The van der Waals surface area contributed by atoms with E-state index in [4.69, 9.17) is 17.0 Å². The highest BCUT2D eigenvalue weighted by Gasteiger charge is 2.41. The van der Waals surface area contributed by atoms with Gasteiger partial charge in [0, 0.05) is 37.6 Å². The topological polar surface area (TPSA) is 71.4 Å². The van der Waals surface area contributed by atoms with Crippen LogP contribution in [0.15, 0.2) is 60.8 Å². The third-order valence-electron chi connectivity index (χ3n) is 5.87. The summed E-state index contributed by atoms with van der Waals surface area (Å²) in [5.41, 5.74) is 3.85. The predicted octanol–water partition coefficient (Wildman–Crippen LogP) is 3.74. The van der Waals surface area contributed by atoms with Gasteiger partial charge in [-0.15, -0.1) is 0 Å². The fourth-order valence-electron chi connectivity index (χ4n) is 4.08. The summed E-state index contributed by atoms with van der Waals surface area (Å²) >= 11 is 5.69. The summed E-state index contributed by atoms with van der Waals surface area (Å²) in [5.74, 6) is 0.534. The minimum atomic E-state index is -0.103. The van der Waals surface area contributed by atoms with Crippen LogP contribution < -0.4 is 15.4 Å². The first-order valence-corrected chi connectivity index (χ1v) is 10.9. The lowest BCUT2D eigenvalue weighted by atomic mass is 10.0. The van der Waals surface area contributed by atoms with E-state index in [2.05, 4.69) is 44.1 Å². The predicted molar refractivity (Wildman–Crippen MR) is 129 cm³/mol. The van der Waals surface area contributed by atoms with Crippen molar-refractivity contribution < 1.29 is 9.53 Å². The molecule has 0 aliphatic carbocycles. The van der Waals surface area contributed by atoms with E-state index in [1.807, 2.05) is 49.5 Å². The molecule has 3 heterocycles. The molecule has 1 amide bonds. The van der Waals surface area contributed by atoms with Crippen LogP contribution in [0.3, 0.4) is 0 Å². The molecule has 32 heavy (non-hydrogen) atoms. The van der Waals surface area contributed by atoms with Gasteiger partial charge in [0.1, 0.15) is 5.75 Å². The first-order valence-electron chi connectivity index (χ1n) is 10.5. The van der Waals surface area contributed by atoms with E-state index >= 15 is 0 Å².